The molecule has 0 radical (unpaired) electrons. The first-order valence-corrected chi connectivity index (χ1v) is 6.72. The predicted octanol–water partition coefficient (Wildman–Crippen LogP) is 1.94. The number of carbonyl (C=O) groups excluding carboxylic acids is 2. The molecule has 1 aromatic heterocycles. The van der Waals surface area contributed by atoms with E-state index < -0.39 is 0 Å². The molecule has 0 saturated carbocycles. The highest BCUT2D eigenvalue weighted by molar-refractivity contribution is 5.95. The third-order valence-electron chi connectivity index (χ3n) is 3.16. The Balaban J connectivity index is 2.12. The lowest BCUT2D eigenvalue weighted by Gasteiger charge is -2.19. The zero-order valence-corrected chi connectivity index (χ0v) is 11.2. The second-order valence-corrected chi connectivity index (χ2v) is 4.66. The number of anilines is 1. The van der Waals surface area contributed by atoms with Crippen LogP contribution in [0.2, 0.25) is 0 Å². The summed E-state index contributed by atoms with van der Waals surface area (Å²) in [5.74, 6) is 0.642. The van der Waals surface area contributed by atoms with Crippen molar-refractivity contribution in [3.8, 4) is 0 Å². The number of nitrogens with one attached hydrogen (secondary N) is 1. The van der Waals surface area contributed by atoms with E-state index in [1.54, 1.807) is 6.20 Å². The first-order valence-electron chi connectivity index (χ1n) is 6.72. The molecule has 5 nitrogen and oxygen atoms in total. The largest absolute Gasteiger partial charge is 0.370 e. The average Bonchev–Trinajstić information content (AvgIpc) is 2.55. The van der Waals surface area contributed by atoms with Crippen LogP contribution < -0.4 is 5.32 Å². The predicted molar refractivity (Wildman–Crippen MR) is 72.4 cm³/mol. The summed E-state index contributed by atoms with van der Waals surface area (Å²) < 4.78 is 0. The minimum absolute atomic E-state index is 0.0655. The zero-order chi connectivity index (χ0) is 13.7. The van der Waals surface area contributed by atoms with Gasteiger partial charge in [0.25, 0.3) is 0 Å². The van der Waals surface area contributed by atoms with E-state index in [0.29, 0.717) is 19.4 Å². The van der Waals surface area contributed by atoms with Crippen LogP contribution in [0, 0.1) is 0 Å². The van der Waals surface area contributed by atoms with Crippen LogP contribution in [-0.2, 0) is 16.1 Å². The van der Waals surface area contributed by atoms with Gasteiger partial charge in [-0.05, 0) is 37.5 Å². The third-order valence-corrected chi connectivity index (χ3v) is 3.16. The molecule has 0 unspecified atom stereocenters. The van der Waals surface area contributed by atoms with Gasteiger partial charge >= 0.3 is 0 Å². The van der Waals surface area contributed by atoms with Crippen molar-refractivity contribution in [3.05, 3.63) is 23.9 Å². The molecule has 1 aliphatic rings. The Bertz CT molecular complexity index is 456. The first-order chi connectivity index (χ1) is 9.20. The smallest absolute Gasteiger partial charge is 0.229 e. The summed E-state index contributed by atoms with van der Waals surface area (Å²) in [4.78, 5) is 29.4. The van der Waals surface area contributed by atoms with Gasteiger partial charge in [-0.25, -0.2) is 4.98 Å². The molecule has 1 aromatic rings. The number of aromatic nitrogens is 1. The fourth-order valence-electron chi connectivity index (χ4n) is 2.17. The number of likely N-dealkylation sites (tertiary alicyclic amines) is 1. The lowest BCUT2D eigenvalue weighted by atomic mass is 10.2. The van der Waals surface area contributed by atoms with E-state index in [1.165, 1.54) is 4.90 Å². The number of amides is 2. The molecule has 0 bridgehead atoms. The van der Waals surface area contributed by atoms with Gasteiger partial charge in [-0.2, -0.15) is 0 Å². The molecule has 0 spiro atoms. The third kappa shape index (κ3) is 3.53. The summed E-state index contributed by atoms with van der Waals surface area (Å²) in [7, 11) is 0. The Morgan fingerprint density at radius 2 is 1.95 bits per heavy atom. The summed E-state index contributed by atoms with van der Waals surface area (Å²) in [5, 5.41) is 3.12. The first kappa shape index (κ1) is 13.5. The van der Waals surface area contributed by atoms with E-state index in [0.717, 1.165) is 30.8 Å². The maximum absolute atomic E-state index is 11.9. The van der Waals surface area contributed by atoms with Gasteiger partial charge in [-0.3, -0.25) is 14.5 Å². The monoisotopic (exact) mass is 261 g/mol. The second-order valence-electron chi connectivity index (χ2n) is 4.66. The van der Waals surface area contributed by atoms with Crippen LogP contribution in [0.1, 0.15) is 38.2 Å². The summed E-state index contributed by atoms with van der Waals surface area (Å²) in [5.41, 5.74) is 0.926. The Morgan fingerprint density at radius 3 is 2.58 bits per heavy atom. The van der Waals surface area contributed by atoms with Crippen molar-refractivity contribution >= 4 is 17.6 Å². The van der Waals surface area contributed by atoms with Gasteiger partial charge in [0.2, 0.25) is 11.8 Å². The van der Waals surface area contributed by atoms with Crippen molar-refractivity contribution in [1.29, 1.82) is 0 Å². The van der Waals surface area contributed by atoms with Gasteiger partial charge in [-0.15, -0.1) is 0 Å². The van der Waals surface area contributed by atoms with E-state index >= 15 is 0 Å². The highest BCUT2D eigenvalue weighted by Gasteiger charge is 2.23. The highest BCUT2D eigenvalue weighted by Crippen LogP contribution is 2.16. The standard InChI is InChI=1S/C14H19N3O2/c1-2-15-12-9-11(7-8-16-12)10-17-13(18)5-3-4-6-14(17)19/h7-9H,2-6,10H2,1H3,(H,15,16). The number of nitrogens with zero attached hydrogens (tertiary/aromatic N) is 2. The van der Waals surface area contributed by atoms with Crippen molar-refractivity contribution < 1.29 is 9.59 Å². The number of carbonyl (C=O) groups is 2. The fourth-order valence-corrected chi connectivity index (χ4v) is 2.17. The molecule has 19 heavy (non-hydrogen) atoms. The van der Waals surface area contributed by atoms with Crippen molar-refractivity contribution in [2.75, 3.05) is 11.9 Å². The van der Waals surface area contributed by atoms with Gasteiger partial charge in [-0.1, -0.05) is 0 Å². The van der Waals surface area contributed by atoms with Crippen LogP contribution in [0.5, 0.6) is 0 Å². The second kappa shape index (κ2) is 6.31. The minimum Gasteiger partial charge on any atom is -0.370 e. The number of hydrogen-bond donors (Lipinski definition) is 1. The SMILES string of the molecule is CCNc1cc(CN2C(=O)CCCCC2=O)ccn1. The summed E-state index contributed by atoms with van der Waals surface area (Å²) >= 11 is 0. The van der Waals surface area contributed by atoms with Crippen molar-refractivity contribution in [2.45, 2.75) is 39.2 Å². The van der Waals surface area contributed by atoms with Crippen LogP contribution in [0.4, 0.5) is 5.82 Å². The number of pyridine rings is 1. The van der Waals surface area contributed by atoms with Gasteiger partial charge in [0.15, 0.2) is 0 Å². The highest BCUT2D eigenvalue weighted by atomic mass is 16.2. The van der Waals surface area contributed by atoms with E-state index in [2.05, 4.69) is 10.3 Å². The maximum Gasteiger partial charge on any atom is 0.229 e. The molecule has 0 aliphatic carbocycles. The molecule has 5 heteroatoms. The zero-order valence-electron chi connectivity index (χ0n) is 11.2. The van der Waals surface area contributed by atoms with Crippen molar-refractivity contribution in [1.82, 2.24) is 9.88 Å². The van der Waals surface area contributed by atoms with E-state index in [4.69, 9.17) is 0 Å². The van der Waals surface area contributed by atoms with Crippen LogP contribution in [0.25, 0.3) is 0 Å². The molecule has 2 amide bonds. The Morgan fingerprint density at radius 1 is 1.26 bits per heavy atom. The molecular weight excluding hydrogens is 242 g/mol. The maximum atomic E-state index is 11.9. The van der Waals surface area contributed by atoms with Crippen LogP contribution >= 0.6 is 0 Å². The van der Waals surface area contributed by atoms with E-state index in [-0.39, 0.29) is 11.8 Å². The van der Waals surface area contributed by atoms with E-state index in [9.17, 15) is 9.59 Å². The molecule has 1 saturated heterocycles. The summed E-state index contributed by atoms with van der Waals surface area (Å²) in [6.07, 6.45) is 4.24. The van der Waals surface area contributed by atoms with Crippen molar-refractivity contribution in [3.63, 3.8) is 0 Å². The van der Waals surface area contributed by atoms with Crippen LogP contribution in [0.15, 0.2) is 18.3 Å². The molecule has 1 aliphatic heterocycles. The molecule has 1 fully saturated rings. The Kier molecular flexibility index (Phi) is 4.49. The number of hydrogen-bond acceptors (Lipinski definition) is 4. The normalized spacial score (nSPS) is 16.4. The molecule has 2 heterocycles. The molecule has 0 atom stereocenters. The van der Waals surface area contributed by atoms with Gasteiger partial charge < -0.3 is 5.32 Å². The Hall–Kier alpha value is -1.91. The molecule has 0 aromatic carbocycles. The Labute approximate surface area is 113 Å². The van der Waals surface area contributed by atoms with Gasteiger partial charge in [0.1, 0.15) is 5.82 Å². The van der Waals surface area contributed by atoms with Crippen LogP contribution in [0.3, 0.4) is 0 Å². The topological polar surface area (TPSA) is 62.3 Å². The van der Waals surface area contributed by atoms with Gasteiger partial charge in [0.05, 0.1) is 6.54 Å². The molecule has 2 rings (SSSR count). The van der Waals surface area contributed by atoms with Gasteiger partial charge in [0, 0.05) is 25.6 Å². The van der Waals surface area contributed by atoms with Crippen LogP contribution in [-0.4, -0.2) is 28.2 Å². The fraction of sp³-hybridized carbons (Fsp3) is 0.500. The molecule has 102 valence electrons. The molecular formula is C14H19N3O2. The van der Waals surface area contributed by atoms with E-state index in [1.807, 2.05) is 19.1 Å². The van der Waals surface area contributed by atoms with Crippen molar-refractivity contribution in [2.24, 2.45) is 0 Å². The molecule has 1 N–H and O–H groups in total. The summed E-state index contributed by atoms with van der Waals surface area (Å²) in [6.45, 7) is 3.13. The quantitative estimate of drug-likeness (QED) is 0.841. The summed E-state index contributed by atoms with van der Waals surface area (Å²) in [6, 6.07) is 3.72. The number of imide groups is 1. The number of rotatable bonds is 4. The lowest BCUT2D eigenvalue weighted by molar-refractivity contribution is -0.144. The minimum atomic E-state index is -0.0655. The lowest BCUT2D eigenvalue weighted by Crippen LogP contribution is -2.34. The average molecular weight is 261 g/mol.